The van der Waals surface area contributed by atoms with Gasteiger partial charge in [-0.2, -0.15) is 4.91 Å². The van der Waals surface area contributed by atoms with Gasteiger partial charge in [0.05, 0.1) is 35.5 Å². The Morgan fingerprint density at radius 1 is 1.11 bits per heavy atom. The number of hydrogen-bond acceptors (Lipinski definition) is 11. The summed E-state index contributed by atoms with van der Waals surface area (Å²) in [5.74, 6) is -3.65. The van der Waals surface area contributed by atoms with Crippen molar-refractivity contribution in [1.82, 2.24) is 0 Å². The minimum atomic E-state index is -1.24. The van der Waals surface area contributed by atoms with E-state index in [1.54, 1.807) is 0 Å². The second kappa shape index (κ2) is 9.32. The fraction of sp³-hybridized carbons (Fsp3) is 0.400. The van der Waals surface area contributed by atoms with Crippen molar-refractivity contribution in [1.29, 1.82) is 0 Å². The van der Waals surface area contributed by atoms with E-state index < -0.39 is 65.0 Å². The maximum atomic E-state index is 13.5. The van der Waals surface area contributed by atoms with Crippen LogP contribution in [-0.4, -0.2) is 60.2 Å². The van der Waals surface area contributed by atoms with Crippen molar-refractivity contribution in [3.8, 4) is 23.0 Å². The highest BCUT2D eigenvalue weighted by molar-refractivity contribution is 6.31. The molecule has 1 saturated heterocycles. The fourth-order valence-electron chi connectivity index (χ4n) is 4.96. The van der Waals surface area contributed by atoms with Crippen LogP contribution in [0.3, 0.4) is 0 Å². The SMILES string of the molecule is COc1cccc2c1C(=O)c1c(O)c3c(c(O)c1C2=O)OC(C(=O)CN=O)CC3OC1CCCCO1. The molecule has 2 aromatic carbocycles. The molecular weight excluding hydrogens is 474 g/mol. The topological polar surface area (TPSA) is 158 Å². The third-order valence-corrected chi connectivity index (χ3v) is 6.65. The Morgan fingerprint density at radius 2 is 1.89 bits per heavy atom. The number of aromatic hydroxyl groups is 2. The standard InChI is InChI=1S/C25H23NO10/c1-33-13-6-4-5-11-17(13)22(29)20-19(21(11)28)24(31)25-18(23(20)30)15(35-16-7-2-3-8-34-16)9-14(36-25)12(27)10-26-32/h4-6,14-16,30-31H,2-3,7-10H2,1H3. The number of benzene rings is 2. The molecule has 11 heteroatoms. The molecule has 2 heterocycles. The lowest BCUT2D eigenvalue weighted by Gasteiger charge is -2.36. The van der Waals surface area contributed by atoms with E-state index in [-0.39, 0.29) is 34.6 Å². The van der Waals surface area contributed by atoms with E-state index in [0.717, 1.165) is 12.8 Å². The number of phenols is 2. The molecule has 0 radical (unpaired) electrons. The number of methoxy groups -OCH3 is 1. The van der Waals surface area contributed by atoms with E-state index >= 15 is 0 Å². The zero-order chi connectivity index (χ0) is 25.6. The lowest BCUT2D eigenvalue weighted by atomic mass is 9.79. The molecule has 2 aromatic rings. The number of phenolic OH excluding ortho intramolecular Hbond substituents is 2. The average molecular weight is 497 g/mol. The molecule has 3 unspecified atom stereocenters. The Balaban J connectivity index is 1.68. The highest BCUT2D eigenvalue weighted by Gasteiger charge is 2.45. The quantitative estimate of drug-likeness (QED) is 0.383. The minimum Gasteiger partial charge on any atom is -0.507 e. The maximum absolute atomic E-state index is 13.5. The van der Waals surface area contributed by atoms with Gasteiger partial charge in [-0.15, -0.1) is 0 Å². The van der Waals surface area contributed by atoms with Crippen molar-refractivity contribution in [3.63, 3.8) is 0 Å². The summed E-state index contributed by atoms with van der Waals surface area (Å²) < 4.78 is 22.7. The lowest BCUT2D eigenvalue weighted by molar-refractivity contribution is -0.198. The van der Waals surface area contributed by atoms with Gasteiger partial charge < -0.3 is 29.2 Å². The lowest BCUT2D eigenvalue weighted by Crippen LogP contribution is -2.37. The van der Waals surface area contributed by atoms with Gasteiger partial charge in [-0.1, -0.05) is 17.3 Å². The Bertz CT molecular complexity index is 1280. The van der Waals surface area contributed by atoms with Crippen molar-refractivity contribution in [3.05, 3.63) is 50.9 Å². The zero-order valence-corrected chi connectivity index (χ0v) is 19.3. The smallest absolute Gasteiger partial charge is 0.202 e. The molecule has 3 atom stereocenters. The molecule has 2 aliphatic heterocycles. The highest BCUT2D eigenvalue weighted by Crippen LogP contribution is 2.54. The number of rotatable bonds is 6. The van der Waals surface area contributed by atoms with Gasteiger partial charge >= 0.3 is 0 Å². The third kappa shape index (κ3) is 3.71. The normalized spacial score (nSPS) is 22.6. The van der Waals surface area contributed by atoms with Crippen molar-refractivity contribution in [2.24, 2.45) is 5.18 Å². The van der Waals surface area contributed by atoms with Gasteiger partial charge in [-0.25, -0.2) is 0 Å². The molecule has 0 amide bonds. The van der Waals surface area contributed by atoms with Gasteiger partial charge in [0.1, 0.15) is 18.0 Å². The molecule has 3 aliphatic rings. The van der Waals surface area contributed by atoms with E-state index in [2.05, 4.69) is 5.18 Å². The largest absolute Gasteiger partial charge is 0.507 e. The van der Waals surface area contributed by atoms with Gasteiger partial charge in [0.15, 0.2) is 35.5 Å². The first-order chi connectivity index (χ1) is 17.4. The summed E-state index contributed by atoms with van der Waals surface area (Å²) in [5, 5.41) is 25.1. The molecule has 0 saturated carbocycles. The Kier molecular flexibility index (Phi) is 6.19. The van der Waals surface area contributed by atoms with E-state index in [1.807, 2.05) is 0 Å². The van der Waals surface area contributed by atoms with E-state index in [9.17, 15) is 29.5 Å². The predicted octanol–water partition coefficient (Wildman–Crippen LogP) is 2.95. The molecule has 0 bridgehead atoms. The number of hydrogen-bond donors (Lipinski definition) is 2. The molecule has 11 nitrogen and oxygen atoms in total. The van der Waals surface area contributed by atoms with Crippen LogP contribution in [0.5, 0.6) is 23.0 Å². The summed E-state index contributed by atoms with van der Waals surface area (Å²) >= 11 is 0. The van der Waals surface area contributed by atoms with Gasteiger partial charge in [0.25, 0.3) is 0 Å². The zero-order valence-electron chi connectivity index (χ0n) is 19.3. The maximum Gasteiger partial charge on any atom is 0.202 e. The Morgan fingerprint density at radius 3 is 2.58 bits per heavy atom. The van der Waals surface area contributed by atoms with E-state index in [1.165, 1.54) is 25.3 Å². The van der Waals surface area contributed by atoms with Crippen molar-refractivity contribution in [2.45, 2.75) is 44.2 Å². The molecule has 188 valence electrons. The highest BCUT2D eigenvalue weighted by atomic mass is 16.7. The number of ketones is 3. The molecule has 1 fully saturated rings. The number of ether oxygens (including phenoxy) is 4. The van der Waals surface area contributed by atoms with Gasteiger partial charge in [0.2, 0.25) is 5.78 Å². The molecule has 1 aliphatic carbocycles. The number of carbonyl (C=O) groups is 3. The van der Waals surface area contributed by atoms with Crippen LogP contribution in [-0.2, 0) is 14.3 Å². The molecule has 0 aromatic heterocycles. The Labute approximate surface area is 204 Å². The summed E-state index contributed by atoms with van der Waals surface area (Å²) in [5.41, 5.74) is -0.996. The summed E-state index contributed by atoms with van der Waals surface area (Å²) in [6.07, 6.45) is -0.831. The number of fused-ring (bicyclic) bond motifs is 3. The molecule has 5 rings (SSSR count). The summed E-state index contributed by atoms with van der Waals surface area (Å²) in [7, 11) is 1.35. The minimum absolute atomic E-state index is 0.0153. The number of Topliss-reactive ketones (excluding diaryl/α,β-unsaturated/α-hetero) is 1. The summed E-state index contributed by atoms with van der Waals surface area (Å²) in [4.78, 5) is 50.1. The second-order valence-electron chi connectivity index (χ2n) is 8.75. The van der Waals surface area contributed by atoms with Gasteiger partial charge in [-0.3, -0.25) is 14.4 Å². The van der Waals surface area contributed by atoms with Crippen molar-refractivity contribution < 1.29 is 43.5 Å². The van der Waals surface area contributed by atoms with Crippen LogP contribution >= 0.6 is 0 Å². The third-order valence-electron chi connectivity index (χ3n) is 6.65. The van der Waals surface area contributed by atoms with Crippen molar-refractivity contribution in [2.75, 3.05) is 20.3 Å². The number of nitrogens with zero attached hydrogens (tertiary/aromatic N) is 1. The van der Waals surface area contributed by atoms with Crippen molar-refractivity contribution >= 4 is 17.3 Å². The monoisotopic (exact) mass is 497 g/mol. The molecular formula is C25H23NO10. The van der Waals surface area contributed by atoms with Crippen LogP contribution in [0.1, 0.15) is 69.2 Å². The van der Waals surface area contributed by atoms with E-state index in [4.69, 9.17) is 18.9 Å². The van der Waals surface area contributed by atoms with Gasteiger partial charge in [-0.05, 0) is 25.3 Å². The van der Waals surface area contributed by atoms with Gasteiger partial charge in [0, 0.05) is 18.6 Å². The van der Waals surface area contributed by atoms with Crippen LogP contribution in [0.25, 0.3) is 0 Å². The molecule has 2 N–H and O–H groups in total. The Hall–Kier alpha value is -3.83. The van der Waals surface area contributed by atoms with Crippen LogP contribution in [0.15, 0.2) is 23.4 Å². The predicted molar refractivity (Wildman–Crippen MR) is 122 cm³/mol. The van der Waals surface area contributed by atoms with Crippen LogP contribution in [0, 0.1) is 4.91 Å². The first-order valence-corrected chi connectivity index (χ1v) is 11.5. The first kappa shape index (κ1) is 23.9. The van der Waals surface area contributed by atoms with E-state index in [0.29, 0.717) is 13.0 Å². The summed E-state index contributed by atoms with van der Waals surface area (Å²) in [6, 6.07) is 4.44. The van der Waals surface area contributed by atoms with Crippen LogP contribution in [0.2, 0.25) is 0 Å². The number of carbonyl (C=O) groups excluding carboxylic acids is 3. The molecule has 36 heavy (non-hydrogen) atoms. The fourth-order valence-corrected chi connectivity index (χ4v) is 4.96. The summed E-state index contributed by atoms with van der Waals surface area (Å²) in [6.45, 7) is -0.210. The van der Waals surface area contributed by atoms with Crippen LogP contribution < -0.4 is 9.47 Å². The first-order valence-electron chi connectivity index (χ1n) is 11.5. The average Bonchev–Trinajstić information content (AvgIpc) is 2.89. The second-order valence-corrected chi connectivity index (χ2v) is 8.75. The van der Waals surface area contributed by atoms with Crippen LogP contribution in [0.4, 0.5) is 0 Å². The number of nitroso groups, excluding NO2 is 1. The molecule has 0 spiro atoms.